The molecule has 0 N–H and O–H groups in total. The molecule has 0 aromatic rings. The third kappa shape index (κ3) is 3.40. The SMILES string of the molecule is CC.CC(=O)N1CCC(C)C1. The van der Waals surface area contributed by atoms with E-state index >= 15 is 0 Å². The Kier molecular flexibility index (Phi) is 4.92. The van der Waals surface area contributed by atoms with Crippen molar-refractivity contribution in [2.75, 3.05) is 13.1 Å². The van der Waals surface area contributed by atoms with Crippen LogP contribution < -0.4 is 0 Å². The summed E-state index contributed by atoms with van der Waals surface area (Å²) in [6, 6.07) is 0. The van der Waals surface area contributed by atoms with Crippen LogP contribution in [0.3, 0.4) is 0 Å². The van der Waals surface area contributed by atoms with Gasteiger partial charge in [-0.25, -0.2) is 0 Å². The highest BCUT2D eigenvalue weighted by atomic mass is 16.2. The van der Waals surface area contributed by atoms with Crippen LogP contribution in [0.5, 0.6) is 0 Å². The smallest absolute Gasteiger partial charge is 0.219 e. The van der Waals surface area contributed by atoms with E-state index in [0.717, 1.165) is 13.1 Å². The van der Waals surface area contributed by atoms with Crippen LogP contribution >= 0.6 is 0 Å². The van der Waals surface area contributed by atoms with Crippen LogP contribution in [0.4, 0.5) is 0 Å². The third-order valence-corrected chi connectivity index (χ3v) is 1.87. The van der Waals surface area contributed by atoms with Crippen LogP contribution in [-0.2, 0) is 4.79 Å². The maximum absolute atomic E-state index is 10.7. The first-order valence-electron chi connectivity index (χ1n) is 4.45. The Bertz CT molecular complexity index is 123. The molecule has 0 aromatic heterocycles. The Balaban J connectivity index is 0.000000461. The number of nitrogens with zero attached hydrogens (tertiary/aromatic N) is 1. The fraction of sp³-hybridized carbons (Fsp3) is 0.889. The highest BCUT2D eigenvalue weighted by Crippen LogP contribution is 2.14. The normalized spacial score (nSPS) is 22.5. The summed E-state index contributed by atoms with van der Waals surface area (Å²) in [6.45, 7) is 9.76. The van der Waals surface area contributed by atoms with Gasteiger partial charge in [0, 0.05) is 20.0 Å². The zero-order chi connectivity index (χ0) is 8.85. The van der Waals surface area contributed by atoms with Crippen LogP contribution in [-0.4, -0.2) is 23.9 Å². The lowest BCUT2D eigenvalue weighted by Gasteiger charge is -2.11. The summed E-state index contributed by atoms with van der Waals surface area (Å²) in [6.07, 6.45) is 1.18. The van der Waals surface area contributed by atoms with Crippen molar-refractivity contribution in [1.29, 1.82) is 0 Å². The van der Waals surface area contributed by atoms with Crippen LogP contribution in [0.2, 0.25) is 0 Å². The van der Waals surface area contributed by atoms with Crippen molar-refractivity contribution in [2.24, 2.45) is 5.92 Å². The first kappa shape index (κ1) is 10.5. The standard InChI is InChI=1S/C7H13NO.C2H6/c1-6-3-4-8(5-6)7(2)9;1-2/h6H,3-5H2,1-2H3;1-2H3. The molecule has 1 unspecified atom stereocenters. The van der Waals surface area contributed by atoms with E-state index in [9.17, 15) is 4.79 Å². The summed E-state index contributed by atoms with van der Waals surface area (Å²) in [5.74, 6) is 0.938. The van der Waals surface area contributed by atoms with E-state index in [2.05, 4.69) is 6.92 Å². The molecule has 1 saturated heterocycles. The maximum Gasteiger partial charge on any atom is 0.219 e. The molecule has 1 atom stereocenters. The summed E-state index contributed by atoms with van der Waals surface area (Å²) in [5.41, 5.74) is 0. The molecule has 0 spiro atoms. The molecule has 0 bridgehead atoms. The topological polar surface area (TPSA) is 20.3 Å². The zero-order valence-corrected chi connectivity index (χ0v) is 8.05. The van der Waals surface area contributed by atoms with E-state index in [-0.39, 0.29) is 5.91 Å². The molecule has 66 valence electrons. The minimum absolute atomic E-state index is 0.222. The lowest BCUT2D eigenvalue weighted by Crippen LogP contribution is -2.25. The predicted octanol–water partition coefficient (Wildman–Crippen LogP) is 1.90. The fourth-order valence-corrected chi connectivity index (χ4v) is 1.22. The predicted molar refractivity (Wildman–Crippen MR) is 47.4 cm³/mol. The number of carbonyl (C=O) groups is 1. The monoisotopic (exact) mass is 157 g/mol. The minimum atomic E-state index is 0.222. The Morgan fingerprint density at radius 1 is 1.45 bits per heavy atom. The van der Waals surface area contributed by atoms with E-state index in [0.29, 0.717) is 5.92 Å². The van der Waals surface area contributed by atoms with E-state index in [4.69, 9.17) is 0 Å². The minimum Gasteiger partial charge on any atom is -0.343 e. The van der Waals surface area contributed by atoms with Crippen LogP contribution in [0.25, 0.3) is 0 Å². The van der Waals surface area contributed by atoms with E-state index < -0.39 is 0 Å². The van der Waals surface area contributed by atoms with E-state index in [1.807, 2.05) is 18.7 Å². The Hall–Kier alpha value is -0.530. The van der Waals surface area contributed by atoms with Gasteiger partial charge in [0.1, 0.15) is 0 Å². The van der Waals surface area contributed by atoms with Crippen molar-refractivity contribution in [3.63, 3.8) is 0 Å². The van der Waals surface area contributed by atoms with E-state index in [1.54, 1.807) is 6.92 Å². The quantitative estimate of drug-likeness (QED) is 0.526. The summed E-state index contributed by atoms with van der Waals surface area (Å²) < 4.78 is 0. The molecule has 1 aliphatic rings. The highest BCUT2D eigenvalue weighted by molar-refractivity contribution is 5.73. The Morgan fingerprint density at radius 2 is 2.00 bits per heavy atom. The second kappa shape index (κ2) is 5.16. The van der Waals surface area contributed by atoms with Gasteiger partial charge in [-0.1, -0.05) is 20.8 Å². The van der Waals surface area contributed by atoms with Crippen molar-refractivity contribution in [3.8, 4) is 0 Å². The molecule has 0 radical (unpaired) electrons. The van der Waals surface area contributed by atoms with Crippen LogP contribution in [0, 0.1) is 5.92 Å². The largest absolute Gasteiger partial charge is 0.343 e. The average molecular weight is 157 g/mol. The highest BCUT2D eigenvalue weighted by Gasteiger charge is 2.19. The number of rotatable bonds is 0. The maximum atomic E-state index is 10.7. The van der Waals surface area contributed by atoms with Gasteiger partial charge in [-0.05, 0) is 12.3 Å². The van der Waals surface area contributed by atoms with Gasteiger partial charge in [0.2, 0.25) is 5.91 Å². The molecule has 2 nitrogen and oxygen atoms in total. The van der Waals surface area contributed by atoms with Crippen molar-refractivity contribution >= 4 is 5.91 Å². The van der Waals surface area contributed by atoms with Crippen molar-refractivity contribution < 1.29 is 4.79 Å². The van der Waals surface area contributed by atoms with Gasteiger partial charge in [-0.2, -0.15) is 0 Å². The average Bonchev–Trinajstić information content (AvgIpc) is 2.40. The molecule has 1 fully saturated rings. The van der Waals surface area contributed by atoms with Gasteiger partial charge < -0.3 is 4.90 Å². The summed E-state index contributed by atoms with van der Waals surface area (Å²) >= 11 is 0. The number of hydrogen-bond acceptors (Lipinski definition) is 1. The van der Waals surface area contributed by atoms with Crippen LogP contribution in [0.1, 0.15) is 34.1 Å². The molecule has 0 aliphatic carbocycles. The van der Waals surface area contributed by atoms with Crippen LogP contribution in [0.15, 0.2) is 0 Å². The molecule has 1 amide bonds. The van der Waals surface area contributed by atoms with E-state index in [1.165, 1.54) is 6.42 Å². The lowest BCUT2D eigenvalue weighted by molar-refractivity contribution is -0.127. The van der Waals surface area contributed by atoms with Gasteiger partial charge in [-0.3, -0.25) is 4.79 Å². The molecule has 1 aliphatic heterocycles. The first-order chi connectivity index (χ1) is 5.20. The fourth-order valence-electron chi connectivity index (χ4n) is 1.22. The van der Waals surface area contributed by atoms with Gasteiger partial charge >= 0.3 is 0 Å². The first-order valence-corrected chi connectivity index (χ1v) is 4.45. The van der Waals surface area contributed by atoms with Gasteiger partial charge in [0.25, 0.3) is 0 Å². The second-order valence-electron chi connectivity index (χ2n) is 2.86. The lowest BCUT2D eigenvalue weighted by atomic mass is 10.2. The molecule has 0 saturated carbocycles. The Labute approximate surface area is 69.6 Å². The summed E-state index contributed by atoms with van der Waals surface area (Å²) in [7, 11) is 0. The summed E-state index contributed by atoms with van der Waals surface area (Å²) in [4.78, 5) is 12.6. The van der Waals surface area contributed by atoms with Gasteiger partial charge in [0.15, 0.2) is 0 Å². The number of amides is 1. The summed E-state index contributed by atoms with van der Waals surface area (Å²) in [5, 5.41) is 0. The molecule has 2 heteroatoms. The molecule has 0 aromatic carbocycles. The van der Waals surface area contributed by atoms with Gasteiger partial charge in [-0.15, -0.1) is 0 Å². The molecular formula is C9H19NO. The number of hydrogen-bond donors (Lipinski definition) is 0. The Morgan fingerprint density at radius 3 is 2.18 bits per heavy atom. The molecule has 1 rings (SSSR count). The van der Waals surface area contributed by atoms with Crippen molar-refractivity contribution in [2.45, 2.75) is 34.1 Å². The molecular weight excluding hydrogens is 138 g/mol. The third-order valence-electron chi connectivity index (χ3n) is 1.87. The number of likely N-dealkylation sites (tertiary alicyclic amines) is 1. The van der Waals surface area contributed by atoms with Gasteiger partial charge in [0.05, 0.1) is 0 Å². The van der Waals surface area contributed by atoms with Crippen molar-refractivity contribution in [1.82, 2.24) is 4.90 Å². The second-order valence-corrected chi connectivity index (χ2v) is 2.86. The molecule has 1 heterocycles. The zero-order valence-electron chi connectivity index (χ0n) is 8.05. The molecule has 11 heavy (non-hydrogen) atoms. The number of carbonyl (C=O) groups excluding carboxylic acids is 1. The van der Waals surface area contributed by atoms with Crippen molar-refractivity contribution in [3.05, 3.63) is 0 Å².